The molecule has 0 spiro atoms. The largest absolute Gasteiger partial charge is 0.473 e. The molecule has 1 amide bonds. The second-order valence-corrected chi connectivity index (χ2v) is 6.43. The van der Waals surface area contributed by atoms with E-state index in [4.69, 9.17) is 4.74 Å². The van der Waals surface area contributed by atoms with Crippen molar-refractivity contribution < 1.29 is 13.9 Å². The van der Waals surface area contributed by atoms with Crippen molar-refractivity contribution in [2.45, 2.75) is 19.4 Å². The lowest BCUT2D eigenvalue weighted by Gasteiger charge is -2.12. The highest BCUT2D eigenvalue weighted by Gasteiger charge is 2.15. The van der Waals surface area contributed by atoms with E-state index < -0.39 is 0 Å². The monoisotopic (exact) mass is 367 g/mol. The Bertz CT molecular complexity index is 892. The lowest BCUT2D eigenvalue weighted by molar-refractivity contribution is 0.0946. The fourth-order valence-electron chi connectivity index (χ4n) is 2.67. The number of amides is 1. The van der Waals surface area contributed by atoms with Crippen molar-refractivity contribution in [3.63, 3.8) is 0 Å². The van der Waals surface area contributed by atoms with Gasteiger partial charge in [0.05, 0.1) is 0 Å². The fraction of sp³-hybridized carbons (Fsp3) is 0.238. The number of aromatic nitrogens is 2. The summed E-state index contributed by atoms with van der Waals surface area (Å²) in [6.45, 7) is 2.81. The standard InChI is InChI=1S/C21H22FN3O2/c1-15(17-8-10-18(22)11-9-17)13-23-21(26)19-12-20(25(2)24-19)27-14-16-6-4-3-5-7-16/h3-12,15H,13-14H2,1-2H3,(H,23,26). The lowest BCUT2D eigenvalue weighted by Crippen LogP contribution is -2.28. The molecule has 0 saturated carbocycles. The first-order valence-corrected chi connectivity index (χ1v) is 8.77. The van der Waals surface area contributed by atoms with Gasteiger partial charge in [0.15, 0.2) is 5.69 Å². The molecule has 1 N–H and O–H groups in total. The first kappa shape index (κ1) is 18.6. The van der Waals surface area contributed by atoms with Gasteiger partial charge < -0.3 is 10.1 Å². The average molecular weight is 367 g/mol. The van der Waals surface area contributed by atoms with Gasteiger partial charge in [-0.1, -0.05) is 49.4 Å². The van der Waals surface area contributed by atoms with E-state index in [1.807, 2.05) is 37.3 Å². The van der Waals surface area contributed by atoms with Gasteiger partial charge in [-0.25, -0.2) is 9.07 Å². The second kappa shape index (κ2) is 8.49. The van der Waals surface area contributed by atoms with Crippen molar-refractivity contribution in [2.75, 3.05) is 6.54 Å². The van der Waals surface area contributed by atoms with Crippen molar-refractivity contribution in [3.05, 3.63) is 83.3 Å². The van der Waals surface area contributed by atoms with Crippen LogP contribution in [0.25, 0.3) is 0 Å². The molecule has 0 bridgehead atoms. The maximum absolute atomic E-state index is 13.0. The summed E-state index contributed by atoms with van der Waals surface area (Å²) >= 11 is 0. The summed E-state index contributed by atoms with van der Waals surface area (Å²) in [5.41, 5.74) is 2.30. The number of nitrogens with one attached hydrogen (secondary N) is 1. The van der Waals surface area contributed by atoms with Crippen LogP contribution in [-0.2, 0) is 13.7 Å². The van der Waals surface area contributed by atoms with Crippen LogP contribution >= 0.6 is 0 Å². The number of carbonyl (C=O) groups is 1. The molecule has 3 aromatic rings. The number of aryl methyl sites for hydroxylation is 1. The van der Waals surface area contributed by atoms with Crippen molar-refractivity contribution in [1.82, 2.24) is 15.1 Å². The second-order valence-electron chi connectivity index (χ2n) is 6.43. The molecule has 0 radical (unpaired) electrons. The minimum absolute atomic E-state index is 0.0621. The number of ether oxygens (including phenoxy) is 1. The van der Waals surface area contributed by atoms with E-state index in [9.17, 15) is 9.18 Å². The van der Waals surface area contributed by atoms with Gasteiger partial charge in [-0.2, -0.15) is 5.10 Å². The molecule has 1 aromatic heterocycles. The van der Waals surface area contributed by atoms with Crippen LogP contribution in [0.1, 0.15) is 34.5 Å². The zero-order valence-electron chi connectivity index (χ0n) is 15.4. The molecular weight excluding hydrogens is 345 g/mol. The van der Waals surface area contributed by atoms with Gasteiger partial charge in [-0.15, -0.1) is 0 Å². The number of rotatable bonds is 7. The van der Waals surface area contributed by atoms with Crippen molar-refractivity contribution in [2.24, 2.45) is 7.05 Å². The van der Waals surface area contributed by atoms with Crippen molar-refractivity contribution >= 4 is 5.91 Å². The Hall–Kier alpha value is -3.15. The Kier molecular flexibility index (Phi) is 5.86. The predicted molar refractivity (Wildman–Crippen MR) is 101 cm³/mol. The highest BCUT2D eigenvalue weighted by Crippen LogP contribution is 2.16. The highest BCUT2D eigenvalue weighted by molar-refractivity contribution is 5.92. The van der Waals surface area contributed by atoms with Gasteiger partial charge >= 0.3 is 0 Å². The summed E-state index contributed by atoms with van der Waals surface area (Å²) in [5.74, 6) is 0.0447. The van der Waals surface area contributed by atoms with E-state index in [0.717, 1.165) is 11.1 Å². The third-order valence-corrected chi connectivity index (χ3v) is 4.31. The number of carbonyl (C=O) groups excluding carboxylic acids is 1. The molecule has 0 fully saturated rings. The maximum Gasteiger partial charge on any atom is 0.271 e. The number of benzene rings is 2. The van der Waals surface area contributed by atoms with Gasteiger partial charge in [0, 0.05) is 19.7 Å². The summed E-state index contributed by atoms with van der Waals surface area (Å²) in [4.78, 5) is 12.4. The van der Waals surface area contributed by atoms with Gasteiger partial charge in [0.25, 0.3) is 5.91 Å². The first-order valence-electron chi connectivity index (χ1n) is 8.77. The van der Waals surface area contributed by atoms with E-state index in [0.29, 0.717) is 24.7 Å². The minimum Gasteiger partial charge on any atom is -0.473 e. The molecule has 27 heavy (non-hydrogen) atoms. The van der Waals surface area contributed by atoms with Gasteiger partial charge in [-0.3, -0.25) is 4.79 Å². The van der Waals surface area contributed by atoms with Gasteiger partial charge in [0.2, 0.25) is 5.88 Å². The summed E-state index contributed by atoms with van der Waals surface area (Å²) in [5, 5.41) is 7.08. The van der Waals surface area contributed by atoms with Crippen LogP contribution in [0, 0.1) is 5.82 Å². The molecule has 5 nitrogen and oxygen atoms in total. The van der Waals surface area contributed by atoms with E-state index in [-0.39, 0.29) is 17.6 Å². The molecule has 1 unspecified atom stereocenters. The highest BCUT2D eigenvalue weighted by atomic mass is 19.1. The molecule has 0 saturated heterocycles. The molecule has 6 heteroatoms. The van der Waals surface area contributed by atoms with E-state index >= 15 is 0 Å². The molecule has 0 aliphatic rings. The quantitative estimate of drug-likeness (QED) is 0.693. The van der Waals surface area contributed by atoms with Crippen LogP contribution in [0.2, 0.25) is 0 Å². The fourth-order valence-corrected chi connectivity index (χ4v) is 2.67. The number of hydrogen-bond donors (Lipinski definition) is 1. The molecule has 140 valence electrons. The topological polar surface area (TPSA) is 56.1 Å². The minimum atomic E-state index is -0.272. The van der Waals surface area contributed by atoms with E-state index in [1.54, 1.807) is 29.9 Å². The number of halogens is 1. The Morgan fingerprint density at radius 2 is 1.89 bits per heavy atom. The average Bonchev–Trinajstić information content (AvgIpc) is 3.06. The van der Waals surface area contributed by atoms with Crippen LogP contribution in [0.5, 0.6) is 5.88 Å². The molecule has 3 rings (SSSR count). The third kappa shape index (κ3) is 4.94. The normalized spacial score (nSPS) is 11.8. The molecule has 2 aromatic carbocycles. The van der Waals surface area contributed by atoms with Crippen LogP contribution in [0.3, 0.4) is 0 Å². The zero-order valence-corrected chi connectivity index (χ0v) is 15.4. The molecule has 0 aliphatic carbocycles. The van der Waals surface area contributed by atoms with Crippen LogP contribution in [-0.4, -0.2) is 22.2 Å². The Morgan fingerprint density at radius 3 is 2.59 bits per heavy atom. The Morgan fingerprint density at radius 1 is 1.19 bits per heavy atom. The molecule has 1 atom stereocenters. The number of nitrogens with zero attached hydrogens (tertiary/aromatic N) is 2. The van der Waals surface area contributed by atoms with Gasteiger partial charge in [0.1, 0.15) is 12.4 Å². The SMILES string of the molecule is CC(CNC(=O)c1cc(OCc2ccccc2)n(C)n1)c1ccc(F)cc1. The number of hydrogen-bond acceptors (Lipinski definition) is 3. The summed E-state index contributed by atoms with van der Waals surface area (Å²) in [6, 6.07) is 17.7. The molecule has 1 heterocycles. The molecule has 0 aliphatic heterocycles. The first-order chi connectivity index (χ1) is 13.0. The Balaban J connectivity index is 1.56. The predicted octanol–water partition coefficient (Wildman–Crippen LogP) is 3.67. The summed E-state index contributed by atoms with van der Waals surface area (Å²) in [6.07, 6.45) is 0. The van der Waals surface area contributed by atoms with Crippen LogP contribution < -0.4 is 10.1 Å². The van der Waals surface area contributed by atoms with Crippen LogP contribution in [0.4, 0.5) is 4.39 Å². The summed E-state index contributed by atoms with van der Waals surface area (Å²) in [7, 11) is 1.73. The van der Waals surface area contributed by atoms with Gasteiger partial charge in [-0.05, 0) is 29.2 Å². The van der Waals surface area contributed by atoms with Crippen molar-refractivity contribution in [3.8, 4) is 5.88 Å². The summed E-state index contributed by atoms with van der Waals surface area (Å²) < 4.78 is 20.3. The Labute approximate surface area is 157 Å². The van der Waals surface area contributed by atoms with Crippen LogP contribution in [0.15, 0.2) is 60.7 Å². The maximum atomic E-state index is 13.0. The molecular formula is C21H22FN3O2. The van der Waals surface area contributed by atoms with E-state index in [2.05, 4.69) is 10.4 Å². The smallest absolute Gasteiger partial charge is 0.271 e. The zero-order chi connectivity index (χ0) is 19.2. The van der Waals surface area contributed by atoms with E-state index in [1.165, 1.54) is 12.1 Å². The van der Waals surface area contributed by atoms with Crippen molar-refractivity contribution in [1.29, 1.82) is 0 Å². The lowest BCUT2D eigenvalue weighted by atomic mass is 10.0. The third-order valence-electron chi connectivity index (χ3n) is 4.31.